The molecule has 1 aromatic carbocycles. The van der Waals surface area contributed by atoms with Crippen LogP contribution in [0.25, 0.3) is 0 Å². The van der Waals surface area contributed by atoms with Gasteiger partial charge < -0.3 is 4.74 Å². The first kappa shape index (κ1) is 14.0. The number of halogens is 2. The summed E-state index contributed by atoms with van der Waals surface area (Å²) in [5, 5.41) is 1.11. The van der Waals surface area contributed by atoms with Crippen molar-refractivity contribution in [3.63, 3.8) is 0 Å². The normalized spacial score (nSPS) is 12.4. The average Bonchev–Trinajstić information content (AvgIpc) is 2.28. The molecule has 0 saturated heterocycles. The van der Waals surface area contributed by atoms with Crippen molar-refractivity contribution in [3.8, 4) is 5.75 Å². The number of alkyl halides is 1. The Balaban J connectivity index is 2.23. The molecule has 90 valence electrons. The lowest BCUT2D eigenvalue weighted by Gasteiger charge is -2.14. The Morgan fingerprint density at radius 1 is 1.12 bits per heavy atom. The second-order valence-corrected chi connectivity index (χ2v) is 5.63. The van der Waals surface area contributed by atoms with Crippen molar-refractivity contribution >= 4 is 31.9 Å². The Hall–Kier alpha value is -0.0200. The summed E-state index contributed by atoms with van der Waals surface area (Å²) in [7, 11) is 0. The summed E-state index contributed by atoms with van der Waals surface area (Å²) >= 11 is 6.85. The molecule has 1 rings (SSSR count). The van der Waals surface area contributed by atoms with E-state index >= 15 is 0 Å². The highest BCUT2D eigenvalue weighted by Crippen LogP contribution is 2.18. The first-order valence-corrected chi connectivity index (χ1v) is 7.62. The lowest BCUT2D eigenvalue weighted by Crippen LogP contribution is -2.11. The largest absolute Gasteiger partial charge is 0.491 e. The van der Waals surface area contributed by atoms with E-state index in [0.29, 0.717) is 6.10 Å². The fourth-order valence-corrected chi connectivity index (χ4v) is 2.17. The maximum Gasteiger partial charge on any atom is 0.119 e. The summed E-state index contributed by atoms with van der Waals surface area (Å²) < 4.78 is 6.90. The first-order chi connectivity index (χ1) is 7.72. The molecule has 0 aliphatic carbocycles. The van der Waals surface area contributed by atoms with E-state index in [1.54, 1.807) is 0 Å². The summed E-state index contributed by atoms with van der Waals surface area (Å²) in [6, 6.07) is 8.01. The van der Waals surface area contributed by atoms with Gasteiger partial charge in [-0.3, -0.25) is 0 Å². The van der Waals surface area contributed by atoms with Crippen molar-refractivity contribution in [2.45, 2.75) is 38.7 Å². The first-order valence-electron chi connectivity index (χ1n) is 5.70. The quantitative estimate of drug-likeness (QED) is 0.487. The minimum Gasteiger partial charge on any atom is -0.491 e. The lowest BCUT2D eigenvalue weighted by molar-refractivity contribution is 0.206. The summed E-state index contributed by atoms with van der Waals surface area (Å²) in [4.78, 5) is 0. The molecular weight excluding hydrogens is 332 g/mol. The van der Waals surface area contributed by atoms with Gasteiger partial charge in [0.2, 0.25) is 0 Å². The molecule has 0 aliphatic heterocycles. The maximum absolute atomic E-state index is 5.82. The molecule has 1 atom stereocenters. The predicted octanol–water partition coefficient (Wildman–Crippen LogP) is 5.17. The fourth-order valence-electron chi connectivity index (χ4n) is 1.51. The van der Waals surface area contributed by atoms with Crippen LogP contribution < -0.4 is 4.74 Å². The van der Waals surface area contributed by atoms with E-state index in [9.17, 15) is 0 Å². The Bertz CT molecular complexity index is 284. The standard InChI is InChI=1S/C13H18Br2O/c1-11(5-3-2-4-10-14)16-13-8-6-12(15)7-9-13/h6-9,11H,2-5,10H2,1H3. The SMILES string of the molecule is CC(CCCCCBr)Oc1ccc(Br)cc1. The highest BCUT2D eigenvalue weighted by Gasteiger charge is 2.03. The van der Waals surface area contributed by atoms with Gasteiger partial charge in [-0.05, 0) is 50.5 Å². The second-order valence-electron chi connectivity index (χ2n) is 3.92. The molecule has 1 unspecified atom stereocenters. The summed E-state index contributed by atoms with van der Waals surface area (Å²) in [5.74, 6) is 0.955. The van der Waals surface area contributed by atoms with Gasteiger partial charge in [0.05, 0.1) is 6.10 Å². The molecule has 0 aromatic heterocycles. The van der Waals surface area contributed by atoms with Crippen molar-refractivity contribution in [1.29, 1.82) is 0 Å². The summed E-state index contributed by atoms with van der Waals surface area (Å²) in [6.45, 7) is 2.14. The van der Waals surface area contributed by atoms with Crippen LogP contribution in [0, 0.1) is 0 Å². The van der Waals surface area contributed by atoms with E-state index in [1.807, 2.05) is 24.3 Å². The minimum atomic E-state index is 0.302. The van der Waals surface area contributed by atoms with E-state index in [4.69, 9.17) is 4.74 Å². The highest BCUT2D eigenvalue weighted by molar-refractivity contribution is 9.10. The zero-order valence-electron chi connectivity index (χ0n) is 9.59. The van der Waals surface area contributed by atoms with Crippen LogP contribution in [0.15, 0.2) is 28.7 Å². The maximum atomic E-state index is 5.82. The fraction of sp³-hybridized carbons (Fsp3) is 0.538. The minimum absolute atomic E-state index is 0.302. The van der Waals surface area contributed by atoms with Gasteiger partial charge in [-0.25, -0.2) is 0 Å². The molecule has 0 bridgehead atoms. The average molecular weight is 350 g/mol. The lowest BCUT2D eigenvalue weighted by atomic mass is 10.1. The number of rotatable bonds is 7. The van der Waals surface area contributed by atoms with Crippen LogP contribution in [0.5, 0.6) is 5.75 Å². The van der Waals surface area contributed by atoms with Gasteiger partial charge in [-0.2, -0.15) is 0 Å². The molecule has 0 radical (unpaired) electrons. The van der Waals surface area contributed by atoms with E-state index in [0.717, 1.165) is 22.0 Å². The molecule has 0 spiro atoms. The third kappa shape index (κ3) is 5.90. The number of hydrogen-bond donors (Lipinski definition) is 0. The molecule has 0 saturated carbocycles. The van der Waals surface area contributed by atoms with Gasteiger partial charge >= 0.3 is 0 Å². The molecule has 0 amide bonds. The number of unbranched alkanes of at least 4 members (excludes halogenated alkanes) is 2. The topological polar surface area (TPSA) is 9.23 Å². The number of ether oxygens (including phenoxy) is 1. The Kier molecular flexibility index (Phi) is 7.13. The summed E-state index contributed by atoms with van der Waals surface area (Å²) in [6.07, 6.45) is 5.20. The van der Waals surface area contributed by atoms with Crippen LogP contribution in [-0.4, -0.2) is 11.4 Å². The zero-order valence-corrected chi connectivity index (χ0v) is 12.8. The highest BCUT2D eigenvalue weighted by atomic mass is 79.9. The molecular formula is C13H18Br2O. The molecule has 1 aromatic rings. The third-order valence-corrected chi connectivity index (χ3v) is 3.48. The predicted molar refractivity (Wildman–Crippen MR) is 76.5 cm³/mol. The zero-order chi connectivity index (χ0) is 11.8. The smallest absolute Gasteiger partial charge is 0.119 e. The number of benzene rings is 1. The van der Waals surface area contributed by atoms with Crippen LogP contribution in [0.1, 0.15) is 32.6 Å². The molecule has 0 aliphatic rings. The van der Waals surface area contributed by atoms with Gasteiger partial charge in [-0.15, -0.1) is 0 Å². The van der Waals surface area contributed by atoms with Crippen LogP contribution in [0.2, 0.25) is 0 Å². The second kappa shape index (κ2) is 8.13. The van der Waals surface area contributed by atoms with Crippen molar-refractivity contribution in [2.75, 3.05) is 5.33 Å². The van der Waals surface area contributed by atoms with Crippen LogP contribution >= 0.6 is 31.9 Å². The Morgan fingerprint density at radius 2 is 1.81 bits per heavy atom. The van der Waals surface area contributed by atoms with Gasteiger partial charge in [0, 0.05) is 9.80 Å². The van der Waals surface area contributed by atoms with E-state index in [-0.39, 0.29) is 0 Å². The molecule has 0 fully saturated rings. The van der Waals surface area contributed by atoms with Gasteiger partial charge in [0.1, 0.15) is 5.75 Å². The van der Waals surface area contributed by atoms with E-state index in [1.165, 1.54) is 19.3 Å². The van der Waals surface area contributed by atoms with Crippen molar-refractivity contribution in [1.82, 2.24) is 0 Å². The van der Waals surface area contributed by atoms with Crippen molar-refractivity contribution < 1.29 is 4.74 Å². The van der Waals surface area contributed by atoms with E-state index in [2.05, 4.69) is 38.8 Å². The molecule has 0 heterocycles. The Labute approximate surface area is 115 Å². The van der Waals surface area contributed by atoms with E-state index < -0.39 is 0 Å². The monoisotopic (exact) mass is 348 g/mol. The molecule has 1 nitrogen and oxygen atoms in total. The Morgan fingerprint density at radius 3 is 2.44 bits per heavy atom. The van der Waals surface area contributed by atoms with Gasteiger partial charge in [0.15, 0.2) is 0 Å². The van der Waals surface area contributed by atoms with Crippen molar-refractivity contribution in [3.05, 3.63) is 28.7 Å². The van der Waals surface area contributed by atoms with Crippen LogP contribution in [0.3, 0.4) is 0 Å². The van der Waals surface area contributed by atoms with Crippen LogP contribution in [-0.2, 0) is 0 Å². The third-order valence-electron chi connectivity index (χ3n) is 2.40. The molecule has 3 heteroatoms. The summed E-state index contributed by atoms with van der Waals surface area (Å²) in [5.41, 5.74) is 0. The molecule has 0 N–H and O–H groups in total. The molecule has 16 heavy (non-hydrogen) atoms. The van der Waals surface area contributed by atoms with Gasteiger partial charge in [0.25, 0.3) is 0 Å². The van der Waals surface area contributed by atoms with Gasteiger partial charge in [-0.1, -0.05) is 38.3 Å². The number of hydrogen-bond acceptors (Lipinski definition) is 1. The van der Waals surface area contributed by atoms with Crippen LogP contribution in [0.4, 0.5) is 0 Å². The van der Waals surface area contributed by atoms with Crippen molar-refractivity contribution in [2.24, 2.45) is 0 Å².